The summed E-state index contributed by atoms with van der Waals surface area (Å²) in [6.07, 6.45) is 0.659. The molecule has 9 heteroatoms. The van der Waals surface area contributed by atoms with E-state index in [0.717, 1.165) is 19.6 Å². The average molecular weight is 517 g/mol. The van der Waals surface area contributed by atoms with E-state index in [1.807, 2.05) is 0 Å². The van der Waals surface area contributed by atoms with Crippen molar-refractivity contribution in [1.82, 2.24) is 9.80 Å². The molecule has 0 spiro atoms. The van der Waals surface area contributed by atoms with Gasteiger partial charge < -0.3 is 29.1 Å². The molecule has 1 atom stereocenters. The van der Waals surface area contributed by atoms with Crippen molar-refractivity contribution in [3.63, 3.8) is 0 Å². The Hall–Kier alpha value is -3.23. The number of hydrogen-bond acceptors (Lipinski definition) is 7. The van der Waals surface area contributed by atoms with Gasteiger partial charge >= 0.3 is 0 Å². The number of amides is 1. The Labute approximate surface area is 217 Å². The molecule has 1 fully saturated rings. The van der Waals surface area contributed by atoms with Crippen LogP contribution in [0.2, 0.25) is 5.02 Å². The molecule has 8 nitrogen and oxygen atoms in total. The highest BCUT2D eigenvalue weighted by Crippen LogP contribution is 2.44. The number of likely N-dealkylation sites (tertiary alicyclic amines) is 1. The van der Waals surface area contributed by atoms with Crippen molar-refractivity contribution in [1.29, 1.82) is 0 Å². The number of carbonyl (C=O) groups excluding carboxylic acids is 2. The van der Waals surface area contributed by atoms with Crippen LogP contribution in [-0.4, -0.2) is 74.1 Å². The number of halogens is 1. The maximum absolute atomic E-state index is 13.3. The second-order valence-electron chi connectivity index (χ2n) is 8.33. The van der Waals surface area contributed by atoms with Crippen LogP contribution in [0.3, 0.4) is 0 Å². The maximum atomic E-state index is 13.3. The molecule has 0 saturated carbocycles. The van der Waals surface area contributed by atoms with Gasteiger partial charge in [-0.1, -0.05) is 25.4 Å². The zero-order valence-electron chi connectivity index (χ0n) is 21.3. The Balaban J connectivity index is 2.15. The molecule has 0 unspecified atom stereocenters. The van der Waals surface area contributed by atoms with Gasteiger partial charge in [-0.15, -0.1) is 0 Å². The largest absolute Gasteiger partial charge is 0.507 e. The Kier molecular flexibility index (Phi) is 9.23. The van der Waals surface area contributed by atoms with Crippen LogP contribution < -0.4 is 14.2 Å². The molecule has 1 N–H and O–H groups in total. The second-order valence-corrected chi connectivity index (χ2v) is 8.74. The van der Waals surface area contributed by atoms with E-state index in [1.54, 1.807) is 30.3 Å². The quantitative estimate of drug-likeness (QED) is 0.267. The van der Waals surface area contributed by atoms with Gasteiger partial charge in [0.15, 0.2) is 0 Å². The van der Waals surface area contributed by atoms with E-state index in [4.69, 9.17) is 25.8 Å². The summed E-state index contributed by atoms with van der Waals surface area (Å²) < 4.78 is 16.2. The summed E-state index contributed by atoms with van der Waals surface area (Å²) in [7, 11) is 4.53. The van der Waals surface area contributed by atoms with E-state index in [1.165, 1.54) is 32.3 Å². The molecule has 1 heterocycles. The number of ether oxygens (including phenoxy) is 3. The van der Waals surface area contributed by atoms with E-state index in [0.29, 0.717) is 41.3 Å². The number of Topliss-reactive ketones (excluding diaryl/α,β-unsaturated/α-hetero) is 1. The molecule has 36 heavy (non-hydrogen) atoms. The fourth-order valence-corrected chi connectivity index (χ4v) is 4.72. The molecular formula is C27H33ClN2O6. The monoisotopic (exact) mass is 516 g/mol. The van der Waals surface area contributed by atoms with E-state index in [2.05, 4.69) is 18.7 Å². The zero-order chi connectivity index (χ0) is 26.4. The van der Waals surface area contributed by atoms with Gasteiger partial charge in [-0.05, 0) is 62.5 Å². The lowest BCUT2D eigenvalue weighted by atomic mass is 9.94. The van der Waals surface area contributed by atoms with Crippen molar-refractivity contribution in [3.8, 4) is 17.2 Å². The van der Waals surface area contributed by atoms with Crippen LogP contribution in [0.5, 0.6) is 17.2 Å². The van der Waals surface area contributed by atoms with Crippen LogP contribution in [0, 0.1) is 0 Å². The first-order valence-electron chi connectivity index (χ1n) is 11.9. The van der Waals surface area contributed by atoms with Crippen LogP contribution >= 0.6 is 11.6 Å². The number of aliphatic hydroxyl groups is 1. The van der Waals surface area contributed by atoms with E-state index < -0.39 is 17.7 Å². The number of hydrogen-bond donors (Lipinski definition) is 1. The summed E-state index contributed by atoms with van der Waals surface area (Å²) in [5.74, 6) is -0.333. The molecule has 2 aromatic rings. The third kappa shape index (κ3) is 5.44. The predicted molar refractivity (Wildman–Crippen MR) is 139 cm³/mol. The first-order chi connectivity index (χ1) is 17.3. The Morgan fingerprint density at radius 1 is 1.00 bits per heavy atom. The number of aliphatic hydroxyl groups excluding tert-OH is 1. The standard InChI is InChI=1S/C27H33ClN2O6/c1-6-29(7-2)13-8-14-30-24(19-16-18(34-3)10-12-21(19)35-4)23(26(32)27(30)33)25(31)17-9-11-22(36-5)20(28)15-17/h9-12,15-16,24,31H,6-8,13-14H2,1-5H3/b25-23+/t24-/m1/s1. The number of benzene rings is 2. The predicted octanol–water partition coefficient (Wildman–Crippen LogP) is 4.52. The highest BCUT2D eigenvalue weighted by atomic mass is 35.5. The molecule has 1 aliphatic heterocycles. The lowest BCUT2D eigenvalue weighted by Gasteiger charge is -2.28. The molecule has 0 bridgehead atoms. The summed E-state index contributed by atoms with van der Waals surface area (Å²) in [4.78, 5) is 30.4. The molecule has 1 amide bonds. The number of methoxy groups -OCH3 is 3. The summed E-state index contributed by atoms with van der Waals surface area (Å²) in [5.41, 5.74) is 0.810. The molecule has 194 valence electrons. The molecule has 0 aliphatic carbocycles. The van der Waals surface area contributed by atoms with Crippen molar-refractivity contribution in [2.24, 2.45) is 0 Å². The Morgan fingerprint density at radius 3 is 2.25 bits per heavy atom. The highest BCUT2D eigenvalue weighted by Gasteiger charge is 2.47. The minimum atomic E-state index is -0.868. The van der Waals surface area contributed by atoms with Crippen LogP contribution in [0.4, 0.5) is 0 Å². The summed E-state index contributed by atoms with van der Waals surface area (Å²) >= 11 is 6.28. The molecule has 0 radical (unpaired) electrons. The smallest absolute Gasteiger partial charge is 0.295 e. The van der Waals surface area contributed by atoms with E-state index in [-0.39, 0.29) is 16.4 Å². The summed E-state index contributed by atoms with van der Waals surface area (Å²) in [5, 5.41) is 11.6. The second kappa shape index (κ2) is 12.1. The van der Waals surface area contributed by atoms with Gasteiger partial charge in [0.1, 0.15) is 23.0 Å². The summed E-state index contributed by atoms with van der Waals surface area (Å²) in [6.45, 7) is 7.04. The van der Waals surface area contributed by atoms with Gasteiger partial charge in [0, 0.05) is 17.7 Å². The minimum absolute atomic E-state index is 0.0318. The van der Waals surface area contributed by atoms with Gasteiger partial charge in [-0.25, -0.2) is 0 Å². The maximum Gasteiger partial charge on any atom is 0.295 e. The molecule has 1 saturated heterocycles. The van der Waals surface area contributed by atoms with Crippen molar-refractivity contribution in [3.05, 3.63) is 58.1 Å². The van der Waals surface area contributed by atoms with Gasteiger partial charge in [0.2, 0.25) is 0 Å². The summed E-state index contributed by atoms with van der Waals surface area (Å²) in [6, 6.07) is 9.00. The molecule has 2 aromatic carbocycles. The highest BCUT2D eigenvalue weighted by molar-refractivity contribution is 6.46. The van der Waals surface area contributed by atoms with Gasteiger partial charge in [0.25, 0.3) is 11.7 Å². The average Bonchev–Trinajstić information content (AvgIpc) is 3.15. The van der Waals surface area contributed by atoms with E-state index >= 15 is 0 Å². The Morgan fingerprint density at radius 2 is 1.67 bits per heavy atom. The SMILES string of the molecule is CCN(CC)CCCN1C(=O)C(=O)/C(=C(/O)c2ccc(OC)c(Cl)c2)[C@H]1c1cc(OC)ccc1OC. The topological polar surface area (TPSA) is 88.5 Å². The Bertz CT molecular complexity index is 1150. The van der Waals surface area contributed by atoms with Crippen LogP contribution in [0.25, 0.3) is 5.76 Å². The van der Waals surface area contributed by atoms with Gasteiger partial charge in [-0.2, -0.15) is 0 Å². The van der Waals surface area contributed by atoms with Crippen LogP contribution in [-0.2, 0) is 9.59 Å². The number of ketones is 1. The fraction of sp³-hybridized carbons (Fsp3) is 0.407. The van der Waals surface area contributed by atoms with E-state index in [9.17, 15) is 14.7 Å². The first-order valence-corrected chi connectivity index (χ1v) is 12.3. The number of rotatable bonds is 11. The minimum Gasteiger partial charge on any atom is -0.507 e. The number of carbonyl (C=O) groups is 2. The van der Waals surface area contributed by atoms with Crippen molar-refractivity contribution in [2.45, 2.75) is 26.3 Å². The molecule has 0 aromatic heterocycles. The number of nitrogens with zero attached hydrogens (tertiary/aromatic N) is 2. The van der Waals surface area contributed by atoms with Gasteiger partial charge in [0.05, 0.1) is 38.0 Å². The zero-order valence-corrected chi connectivity index (χ0v) is 22.1. The van der Waals surface area contributed by atoms with Crippen molar-refractivity contribution >= 4 is 29.1 Å². The lowest BCUT2D eigenvalue weighted by molar-refractivity contribution is -0.140. The first kappa shape index (κ1) is 27.4. The molecule has 3 rings (SSSR count). The van der Waals surface area contributed by atoms with Crippen molar-refractivity contribution in [2.75, 3.05) is 47.5 Å². The van der Waals surface area contributed by atoms with Crippen LogP contribution in [0.1, 0.15) is 37.4 Å². The fourth-order valence-electron chi connectivity index (χ4n) is 4.46. The van der Waals surface area contributed by atoms with Gasteiger partial charge in [-0.3, -0.25) is 9.59 Å². The third-order valence-corrected chi connectivity index (χ3v) is 6.76. The molecule has 1 aliphatic rings. The molecular weight excluding hydrogens is 484 g/mol. The lowest BCUT2D eigenvalue weighted by Crippen LogP contribution is -2.33. The van der Waals surface area contributed by atoms with Crippen molar-refractivity contribution < 1.29 is 28.9 Å². The van der Waals surface area contributed by atoms with Crippen LogP contribution in [0.15, 0.2) is 42.0 Å². The third-order valence-electron chi connectivity index (χ3n) is 6.46. The normalized spacial score (nSPS) is 17.1.